The van der Waals surface area contributed by atoms with Crippen LogP contribution in [0.15, 0.2) is 125 Å². The molecule has 4 aliphatic carbocycles. The zero-order valence-corrected chi connectivity index (χ0v) is 56.1. The smallest absolute Gasteiger partial charge is 0.200 e. The van der Waals surface area contributed by atoms with Crippen molar-refractivity contribution < 1.29 is 29.0 Å². The molecule has 0 amide bonds. The fourth-order valence-electron chi connectivity index (χ4n) is 15.6. The molecule has 0 spiro atoms. The maximum absolute atomic E-state index is 13.5. The molecule has 2 saturated carbocycles. The van der Waals surface area contributed by atoms with Crippen LogP contribution in [0.5, 0.6) is 0 Å². The average Bonchev–Trinajstić information content (AvgIpc) is 3.99. The number of aliphatic hydroxyl groups is 1. The summed E-state index contributed by atoms with van der Waals surface area (Å²) in [6, 6.07) is 29.8. The van der Waals surface area contributed by atoms with Crippen LogP contribution in [0.4, 0.5) is 8.78 Å². The van der Waals surface area contributed by atoms with Crippen LogP contribution in [0.3, 0.4) is 0 Å². The number of carbonyl (C=O) groups is 1. The van der Waals surface area contributed by atoms with Crippen molar-refractivity contribution in [3.8, 4) is 11.4 Å². The van der Waals surface area contributed by atoms with Crippen molar-refractivity contribution in [1.82, 2.24) is 19.6 Å². The van der Waals surface area contributed by atoms with Crippen molar-refractivity contribution in [3.63, 3.8) is 0 Å². The fourth-order valence-corrected chi connectivity index (χ4v) is 26.9. The van der Waals surface area contributed by atoms with Crippen molar-refractivity contribution in [2.45, 2.75) is 201 Å². The van der Waals surface area contributed by atoms with E-state index in [1.165, 1.54) is 46.5 Å². The maximum atomic E-state index is 13.5. The van der Waals surface area contributed by atoms with E-state index >= 15 is 0 Å². The number of hydrogen-bond acceptors (Lipinski definition) is 6. The summed E-state index contributed by atoms with van der Waals surface area (Å²) >= 11 is 3.53. The molecule has 451 valence electrons. The van der Waals surface area contributed by atoms with Gasteiger partial charge in [-0.25, -0.2) is 18.1 Å². The summed E-state index contributed by atoms with van der Waals surface area (Å²) in [5, 5.41) is 21.1. The van der Waals surface area contributed by atoms with Gasteiger partial charge in [0.15, 0.2) is 0 Å². The first-order valence-corrected chi connectivity index (χ1v) is 35.8. The number of rotatable bonds is 17. The molecule has 2 heterocycles. The predicted molar refractivity (Wildman–Crippen MR) is 352 cm³/mol. The van der Waals surface area contributed by atoms with Gasteiger partial charge in [-0.1, -0.05) is 160 Å². The van der Waals surface area contributed by atoms with Gasteiger partial charge in [0.05, 0.1) is 54.5 Å². The van der Waals surface area contributed by atoms with Crippen LogP contribution < -0.4 is 0 Å². The van der Waals surface area contributed by atoms with Crippen molar-refractivity contribution in [2.24, 2.45) is 22.7 Å². The lowest BCUT2D eigenvalue weighted by molar-refractivity contribution is -0.114. The van der Waals surface area contributed by atoms with Gasteiger partial charge in [0.1, 0.15) is 17.9 Å². The molecule has 2 aromatic heterocycles. The van der Waals surface area contributed by atoms with E-state index in [9.17, 15) is 18.7 Å². The number of benzene rings is 4. The normalized spacial score (nSPS) is 20.6. The van der Waals surface area contributed by atoms with Crippen LogP contribution in [0.25, 0.3) is 23.5 Å². The highest BCUT2D eigenvalue weighted by molar-refractivity contribution is 9.10. The van der Waals surface area contributed by atoms with Crippen molar-refractivity contribution >= 4 is 59.4 Å². The monoisotopic (exact) mass is 1240 g/mol. The summed E-state index contributed by atoms with van der Waals surface area (Å²) in [5.74, 6) is -0.301. The molecule has 2 fully saturated rings. The SMILES string of the molecule is CC(C)[Si](OCc1cccc(Br)c1)(C(C)C)C(C)C.CC(C)[Si](OCc1cccc([C@H](O)[C@H]2CCCC3=Cc4c(cnn4-c4ccc(F)cc4)C[C@@]32C)c1)(C(C)C)C(C)C.C[C@]12Cc3cnn(-c4ccc(F)cc4)c3C=C1CCC[C@@H]2C=O.[B].[HH]. The zero-order valence-electron chi connectivity index (χ0n) is 52.6. The van der Waals surface area contributed by atoms with Gasteiger partial charge in [-0.15, -0.1) is 0 Å². The molecule has 14 heteroatoms. The van der Waals surface area contributed by atoms with Gasteiger partial charge in [0, 0.05) is 25.6 Å². The summed E-state index contributed by atoms with van der Waals surface area (Å²) in [7, 11) is -3.72. The molecule has 84 heavy (non-hydrogen) atoms. The first kappa shape index (κ1) is 66.7. The molecule has 0 aliphatic heterocycles. The third kappa shape index (κ3) is 13.6. The molecule has 0 bridgehead atoms. The second-order valence-corrected chi connectivity index (χ2v) is 38.4. The average molecular weight is 1240 g/mol. The Balaban J connectivity index is 0.000000222. The maximum Gasteiger partial charge on any atom is 0.200 e. The van der Waals surface area contributed by atoms with E-state index in [0.717, 1.165) is 108 Å². The minimum Gasteiger partial charge on any atom is -0.412 e. The quantitative estimate of drug-likeness (QED) is 0.0723. The highest BCUT2D eigenvalue weighted by Gasteiger charge is 2.49. The van der Waals surface area contributed by atoms with Crippen LogP contribution in [0.2, 0.25) is 33.2 Å². The lowest BCUT2D eigenvalue weighted by atomic mass is 9.57. The fraction of sp³-hybridized carbons (Fsp3) is 0.500. The van der Waals surface area contributed by atoms with E-state index in [-0.39, 0.29) is 44.1 Å². The molecule has 0 saturated heterocycles. The molecule has 1 N–H and O–H groups in total. The number of fused-ring (bicyclic) bond motifs is 4. The Kier molecular flexibility index (Phi) is 22.2. The molecule has 4 aliphatic rings. The number of nitrogens with zero attached hydrogens (tertiary/aromatic N) is 4. The number of hydrogen-bond donors (Lipinski definition) is 1. The van der Waals surface area contributed by atoms with Crippen molar-refractivity contribution in [2.75, 3.05) is 0 Å². The topological polar surface area (TPSA) is 91.4 Å². The van der Waals surface area contributed by atoms with E-state index in [4.69, 9.17) is 8.85 Å². The Labute approximate surface area is 515 Å². The van der Waals surface area contributed by atoms with Crippen LogP contribution in [0.1, 0.15) is 182 Å². The van der Waals surface area contributed by atoms with Gasteiger partial charge >= 0.3 is 0 Å². The third-order valence-electron chi connectivity index (χ3n) is 19.8. The number of aromatic nitrogens is 4. The van der Waals surface area contributed by atoms with Gasteiger partial charge < -0.3 is 18.8 Å². The Morgan fingerprint density at radius 3 is 1.49 bits per heavy atom. The zero-order chi connectivity index (χ0) is 60.2. The Hall–Kier alpha value is -4.83. The molecule has 8 nitrogen and oxygen atoms in total. The second kappa shape index (κ2) is 27.9. The Morgan fingerprint density at radius 2 is 1.05 bits per heavy atom. The molecule has 3 radical (unpaired) electrons. The van der Waals surface area contributed by atoms with Crippen LogP contribution in [-0.4, -0.2) is 56.0 Å². The molecule has 0 unspecified atom stereocenters. The lowest BCUT2D eigenvalue weighted by Crippen LogP contribution is -2.47. The molecular formula is C70H95BBrF2N4O4Si2. The number of aliphatic hydroxyl groups excluding tert-OH is 1. The second-order valence-electron chi connectivity index (χ2n) is 26.6. The van der Waals surface area contributed by atoms with Crippen LogP contribution >= 0.6 is 15.9 Å². The van der Waals surface area contributed by atoms with Gasteiger partial charge in [0.2, 0.25) is 16.6 Å². The number of allylic oxidation sites excluding steroid dienone is 2. The minimum atomic E-state index is -1.98. The summed E-state index contributed by atoms with van der Waals surface area (Å²) in [6.45, 7) is 33.7. The van der Waals surface area contributed by atoms with Crippen LogP contribution in [-0.2, 0) is 39.7 Å². The highest BCUT2D eigenvalue weighted by atomic mass is 79.9. The summed E-state index contributed by atoms with van der Waals surface area (Å²) < 4.78 is 45.1. The van der Waals surface area contributed by atoms with Crippen molar-refractivity contribution in [3.05, 3.63) is 176 Å². The molecule has 6 aromatic rings. The summed E-state index contributed by atoms with van der Waals surface area (Å²) in [6.07, 6.45) is 16.7. The largest absolute Gasteiger partial charge is 0.412 e. The predicted octanol–water partition coefficient (Wildman–Crippen LogP) is 19.1. The number of aldehydes is 1. The summed E-state index contributed by atoms with van der Waals surface area (Å²) in [4.78, 5) is 11.5. The first-order chi connectivity index (χ1) is 39.4. The van der Waals surface area contributed by atoms with E-state index in [1.807, 2.05) is 21.8 Å². The Bertz CT molecular complexity index is 3190. The molecule has 10 rings (SSSR count). The molecule has 4 aromatic carbocycles. The van der Waals surface area contributed by atoms with Gasteiger partial charge in [-0.05, 0) is 197 Å². The van der Waals surface area contributed by atoms with Crippen molar-refractivity contribution in [1.29, 1.82) is 0 Å². The molecular weight excluding hydrogens is 1150 g/mol. The number of carbonyl (C=O) groups excluding carboxylic acids is 1. The first-order valence-electron chi connectivity index (χ1n) is 30.7. The van der Waals surface area contributed by atoms with E-state index in [1.54, 1.807) is 24.3 Å². The van der Waals surface area contributed by atoms with Gasteiger partial charge in [-0.2, -0.15) is 10.2 Å². The van der Waals surface area contributed by atoms with E-state index in [0.29, 0.717) is 39.9 Å². The number of halogens is 3. The lowest BCUT2D eigenvalue weighted by Gasteiger charge is -2.47. The van der Waals surface area contributed by atoms with E-state index in [2.05, 4.69) is 184 Å². The summed E-state index contributed by atoms with van der Waals surface area (Å²) in [5.41, 5.74) is 15.6. The minimum absolute atomic E-state index is 0. The Morgan fingerprint density at radius 1 is 0.631 bits per heavy atom. The standard InChI is InChI=1S/C35H47FN2O2Si.C19H19FN2O.C16H27BrOSi.B.H2/c1-23(2)41(24(3)4,25(5)6)40-22-26-10-8-11-27(18-26)34(39)32-13-9-12-29-19-33-28(20-35(29,32)7)21-37-38(33)31-16-14-30(36)15-17-31;1-19-10-13-11-21-22(17-7-5-16(20)6-8-17)18(13)9-14(19)3-2-4-15(19)12-23;1-12(2)19(13(3)4,14(5)6)18-11-15-8-7-9-16(17)10-15;;/h8,10-11,14-19,21,23-25,32,34,39H,9,12-13,20,22H2,1-7H3;5-9,11-12,15H,2-4,10H2,1H3;7-10,12-14H,11H2,1-6H3;;1H/t32-,34+,35+;15-,19+;;;/m11.../s1. The third-order valence-corrected chi connectivity index (χ3v) is 32.4. The van der Waals surface area contributed by atoms with Crippen LogP contribution in [0, 0.1) is 34.3 Å². The molecule has 5 atom stereocenters. The van der Waals surface area contributed by atoms with Gasteiger partial charge in [-0.3, -0.25) is 0 Å². The highest BCUT2D eigenvalue weighted by Crippen LogP contribution is 2.55. The van der Waals surface area contributed by atoms with Gasteiger partial charge in [0.25, 0.3) is 0 Å². The van der Waals surface area contributed by atoms with E-state index < -0.39 is 22.7 Å².